The number of aryl methyl sites for hydroxylation is 1. The summed E-state index contributed by atoms with van der Waals surface area (Å²) < 4.78 is 5.43. The topological polar surface area (TPSA) is 46.3 Å². The molecule has 0 radical (unpaired) electrons. The van der Waals surface area contributed by atoms with Crippen LogP contribution in [0.5, 0.6) is 0 Å². The van der Waals surface area contributed by atoms with Gasteiger partial charge in [-0.05, 0) is 31.2 Å². The Bertz CT molecular complexity index is 505. The smallest absolute Gasteiger partial charge is 0.254 e. The summed E-state index contributed by atoms with van der Waals surface area (Å²) in [5, 5.41) is 0. The first-order valence-electron chi connectivity index (χ1n) is 5.37. The highest BCUT2D eigenvalue weighted by Crippen LogP contribution is 2.10. The van der Waals surface area contributed by atoms with Crippen LogP contribution in [0.2, 0.25) is 0 Å². The highest BCUT2D eigenvalue weighted by molar-refractivity contribution is 5.93. The Morgan fingerprint density at radius 3 is 2.59 bits per heavy atom. The van der Waals surface area contributed by atoms with Gasteiger partial charge in [-0.3, -0.25) is 9.78 Å². The quantitative estimate of drug-likeness (QED) is 0.812. The fourth-order valence-corrected chi connectivity index (χ4v) is 1.59. The minimum atomic E-state index is -0.0403. The summed E-state index contributed by atoms with van der Waals surface area (Å²) in [6, 6.07) is 7.17. The van der Waals surface area contributed by atoms with E-state index in [9.17, 15) is 4.79 Å². The predicted molar refractivity (Wildman–Crippen MR) is 63.5 cm³/mol. The number of nitrogens with zero attached hydrogens (tertiary/aromatic N) is 2. The van der Waals surface area contributed by atoms with E-state index < -0.39 is 0 Å². The number of carbonyl (C=O) groups excluding carboxylic acids is 1. The summed E-state index contributed by atoms with van der Waals surface area (Å²) >= 11 is 0. The van der Waals surface area contributed by atoms with Crippen molar-refractivity contribution in [2.24, 2.45) is 0 Å². The van der Waals surface area contributed by atoms with E-state index in [0.29, 0.717) is 12.1 Å². The summed E-state index contributed by atoms with van der Waals surface area (Å²) in [7, 11) is 1.75. The van der Waals surface area contributed by atoms with Crippen LogP contribution in [0.4, 0.5) is 0 Å². The summed E-state index contributed by atoms with van der Waals surface area (Å²) in [5.74, 6) is 1.60. The highest BCUT2D eigenvalue weighted by Gasteiger charge is 2.12. The molecule has 2 rings (SSSR count). The summed E-state index contributed by atoms with van der Waals surface area (Å²) in [6.07, 6.45) is 3.22. The maximum atomic E-state index is 12.0. The van der Waals surface area contributed by atoms with Crippen molar-refractivity contribution in [3.63, 3.8) is 0 Å². The van der Waals surface area contributed by atoms with Crippen molar-refractivity contribution < 1.29 is 9.21 Å². The Morgan fingerprint density at radius 1 is 1.29 bits per heavy atom. The third kappa shape index (κ3) is 2.72. The molecule has 2 aromatic rings. The zero-order valence-electron chi connectivity index (χ0n) is 9.88. The SMILES string of the molecule is Cc1ccc(CN(C)C(=O)c2ccncc2)o1. The van der Waals surface area contributed by atoms with Gasteiger partial charge in [-0.15, -0.1) is 0 Å². The minimum absolute atomic E-state index is 0.0403. The van der Waals surface area contributed by atoms with E-state index in [-0.39, 0.29) is 5.91 Å². The van der Waals surface area contributed by atoms with Gasteiger partial charge in [0.1, 0.15) is 11.5 Å². The van der Waals surface area contributed by atoms with Crippen molar-refractivity contribution in [3.05, 3.63) is 53.7 Å². The van der Waals surface area contributed by atoms with E-state index in [1.165, 1.54) is 0 Å². The van der Waals surface area contributed by atoms with E-state index in [1.54, 1.807) is 36.5 Å². The third-order valence-electron chi connectivity index (χ3n) is 2.46. The summed E-state index contributed by atoms with van der Waals surface area (Å²) in [4.78, 5) is 17.5. The van der Waals surface area contributed by atoms with Gasteiger partial charge in [-0.1, -0.05) is 0 Å². The van der Waals surface area contributed by atoms with Gasteiger partial charge in [0.05, 0.1) is 6.54 Å². The van der Waals surface area contributed by atoms with Gasteiger partial charge in [-0.25, -0.2) is 0 Å². The molecular formula is C13H14N2O2. The maximum Gasteiger partial charge on any atom is 0.254 e. The number of rotatable bonds is 3. The molecule has 0 bridgehead atoms. The molecule has 0 aliphatic heterocycles. The number of aromatic nitrogens is 1. The van der Waals surface area contributed by atoms with Crippen molar-refractivity contribution in [1.29, 1.82) is 0 Å². The standard InChI is InChI=1S/C13H14N2O2/c1-10-3-4-12(17-10)9-15(2)13(16)11-5-7-14-8-6-11/h3-8H,9H2,1-2H3. The van der Waals surface area contributed by atoms with Crippen molar-refractivity contribution in [1.82, 2.24) is 9.88 Å². The van der Waals surface area contributed by atoms with Gasteiger partial charge in [0.2, 0.25) is 0 Å². The zero-order chi connectivity index (χ0) is 12.3. The van der Waals surface area contributed by atoms with Crippen LogP contribution in [-0.2, 0) is 6.54 Å². The van der Waals surface area contributed by atoms with Gasteiger partial charge in [0, 0.05) is 25.0 Å². The molecular weight excluding hydrogens is 216 g/mol. The number of pyridine rings is 1. The van der Waals surface area contributed by atoms with Gasteiger partial charge in [0.15, 0.2) is 0 Å². The molecule has 0 aliphatic carbocycles. The lowest BCUT2D eigenvalue weighted by Crippen LogP contribution is -2.25. The molecule has 0 aliphatic rings. The molecule has 0 aromatic carbocycles. The highest BCUT2D eigenvalue weighted by atomic mass is 16.3. The second-order valence-electron chi connectivity index (χ2n) is 3.91. The van der Waals surface area contributed by atoms with Crippen LogP contribution >= 0.6 is 0 Å². The monoisotopic (exact) mass is 230 g/mol. The van der Waals surface area contributed by atoms with Crippen LogP contribution in [-0.4, -0.2) is 22.8 Å². The number of carbonyl (C=O) groups is 1. The largest absolute Gasteiger partial charge is 0.464 e. The zero-order valence-corrected chi connectivity index (χ0v) is 9.88. The van der Waals surface area contributed by atoms with Crippen LogP contribution in [0.25, 0.3) is 0 Å². The summed E-state index contributed by atoms with van der Waals surface area (Å²) in [6.45, 7) is 2.35. The lowest BCUT2D eigenvalue weighted by Gasteiger charge is -2.15. The van der Waals surface area contributed by atoms with Gasteiger partial charge < -0.3 is 9.32 Å². The van der Waals surface area contributed by atoms with Crippen LogP contribution in [0, 0.1) is 6.92 Å². The lowest BCUT2D eigenvalue weighted by molar-refractivity contribution is 0.0775. The molecule has 0 unspecified atom stereocenters. The van der Waals surface area contributed by atoms with Crippen LogP contribution in [0.15, 0.2) is 41.1 Å². The first kappa shape index (κ1) is 11.4. The Balaban J connectivity index is 2.06. The number of furan rings is 1. The van der Waals surface area contributed by atoms with E-state index in [4.69, 9.17) is 4.42 Å². The molecule has 2 aromatic heterocycles. The molecule has 0 saturated heterocycles. The van der Waals surface area contributed by atoms with E-state index in [2.05, 4.69) is 4.98 Å². The number of hydrogen-bond donors (Lipinski definition) is 0. The van der Waals surface area contributed by atoms with Gasteiger partial charge in [0.25, 0.3) is 5.91 Å². The fourth-order valence-electron chi connectivity index (χ4n) is 1.59. The Kier molecular flexibility index (Phi) is 3.23. The van der Waals surface area contributed by atoms with Crippen molar-refractivity contribution in [2.45, 2.75) is 13.5 Å². The predicted octanol–water partition coefficient (Wildman–Crippen LogP) is 2.26. The molecule has 2 heterocycles. The molecule has 0 N–H and O–H groups in total. The number of amides is 1. The summed E-state index contributed by atoms with van der Waals surface area (Å²) in [5.41, 5.74) is 0.630. The van der Waals surface area contributed by atoms with E-state index in [0.717, 1.165) is 11.5 Å². The Labute approximate surface area is 99.9 Å². The molecule has 0 spiro atoms. The van der Waals surface area contributed by atoms with E-state index in [1.807, 2.05) is 19.1 Å². The normalized spacial score (nSPS) is 10.2. The first-order chi connectivity index (χ1) is 8.16. The van der Waals surface area contributed by atoms with E-state index >= 15 is 0 Å². The van der Waals surface area contributed by atoms with Crippen molar-refractivity contribution >= 4 is 5.91 Å². The van der Waals surface area contributed by atoms with Crippen molar-refractivity contribution in [3.8, 4) is 0 Å². The maximum absolute atomic E-state index is 12.0. The molecule has 88 valence electrons. The molecule has 0 saturated carbocycles. The van der Waals surface area contributed by atoms with Gasteiger partial charge >= 0.3 is 0 Å². The molecule has 1 amide bonds. The molecule has 4 nitrogen and oxygen atoms in total. The lowest BCUT2D eigenvalue weighted by atomic mass is 10.2. The van der Waals surface area contributed by atoms with Crippen molar-refractivity contribution in [2.75, 3.05) is 7.05 Å². The number of hydrogen-bond acceptors (Lipinski definition) is 3. The Morgan fingerprint density at radius 2 is 2.00 bits per heavy atom. The molecule has 17 heavy (non-hydrogen) atoms. The minimum Gasteiger partial charge on any atom is -0.464 e. The molecule has 4 heteroatoms. The molecule has 0 atom stereocenters. The third-order valence-corrected chi connectivity index (χ3v) is 2.46. The average Bonchev–Trinajstić information content (AvgIpc) is 2.75. The fraction of sp³-hybridized carbons (Fsp3) is 0.231. The second kappa shape index (κ2) is 4.82. The molecule has 0 fully saturated rings. The first-order valence-corrected chi connectivity index (χ1v) is 5.37. The second-order valence-corrected chi connectivity index (χ2v) is 3.91. The Hall–Kier alpha value is -2.10. The van der Waals surface area contributed by atoms with Crippen LogP contribution in [0.3, 0.4) is 0 Å². The van der Waals surface area contributed by atoms with Crippen LogP contribution in [0.1, 0.15) is 21.9 Å². The van der Waals surface area contributed by atoms with Crippen LogP contribution < -0.4 is 0 Å². The average molecular weight is 230 g/mol. The van der Waals surface area contributed by atoms with Gasteiger partial charge in [-0.2, -0.15) is 0 Å².